The Hall–Kier alpha value is -3.64. The van der Waals surface area contributed by atoms with E-state index in [1.54, 1.807) is 24.3 Å². The van der Waals surface area contributed by atoms with Gasteiger partial charge in [-0.3, -0.25) is 0 Å². The molecule has 5 aromatic rings. The highest BCUT2D eigenvalue weighted by Gasteiger charge is 2.22. The van der Waals surface area contributed by atoms with Crippen molar-refractivity contribution in [1.82, 2.24) is 15.0 Å². The maximum atomic E-state index is 10.7. The molecule has 1 N–H and O–H groups in total. The Labute approximate surface area is 196 Å². The molecule has 33 heavy (non-hydrogen) atoms. The fourth-order valence-corrected chi connectivity index (χ4v) is 3.66. The number of aromatic nitrogens is 3. The summed E-state index contributed by atoms with van der Waals surface area (Å²) in [6.07, 6.45) is 0. The molecule has 0 spiro atoms. The molecule has 0 aliphatic rings. The van der Waals surface area contributed by atoms with Gasteiger partial charge in [-0.25, -0.2) is 4.79 Å². The first-order valence-electron chi connectivity index (χ1n) is 10.5. The smallest absolute Gasteiger partial charge is 0.336 e. The molecule has 0 saturated carbocycles. The third-order valence-electron chi connectivity index (χ3n) is 5.13. The van der Waals surface area contributed by atoms with Crippen LogP contribution in [0.2, 0.25) is 5.02 Å². The van der Waals surface area contributed by atoms with Gasteiger partial charge in [0.05, 0.1) is 0 Å². The van der Waals surface area contributed by atoms with Gasteiger partial charge in [0.15, 0.2) is 0 Å². The Morgan fingerprint density at radius 3 is 2.42 bits per heavy atom. The second-order valence-electron chi connectivity index (χ2n) is 8.84. The third-order valence-corrected chi connectivity index (χ3v) is 5.36. The number of hydrogen-bond donors (Lipinski definition) is 1. The molecule has 2 aromatic heterocycles. The van der Waals surface area contributed by atoms with E-state index in [0.29, 0.717) is 21.8 Å². The molecule has 0 amide bonds. The predicted octanol–water partition coefficient (Wildman–Crippen LogP) is 6.18. The first kappa shape index (κ1) is 22.6. The van der Waals surface area contributed by atoms with Crippen molar-refractivity contribution in [3.8, 4) is 11.4 Å². The molecule has 0 saturated heterocycles. The van der Waals surface area contributed by atoms with E-state index in [1.807, 2.05) is 43.3 Å². The molecule has 0 atom stereocenters. The van der Waals surface area contributed by atoms with Crippen molar-refractivity contribution in [2.24, 2.45) is 0 Å². The zero-order valence-electron chi connectivity index (χ0n) is 18.8. The van der Waals surface area contributed by atoms with Gasteiger partial charge in [-0.2, -0.15) is 0 Å². The average Bonchev–Trinajstić information content (AvgIpc) is 3.17. The molecule has 168 valence electrons. The number of rotatable bonds is 1. The van der Waals surface area contributed by atoms with Gasteiger partial charge in [-0.15, -0.1) is 15.0 Å². The highest BCUT2D eigenvalue weighted by molar-refractivity contribution is 6.31. The van der Waals surface area contributed by atoms with Crippen LogP contribution in [-0.2, 0) is 5.41 Å². The number of fused-ring (bicyclic) bond motifs is 2. The number of aryl methyl sites for hydroxylation is 1. The van der Waals surface area contributed by atoms with Crippen LogP contribution in [0.5, 0.6) is 5.75 Å². The van der Waals surface area contributed by atoms with E-state index in [4.69, 9.17) is 16.0 Å². The van der Waals surface area contributed by atoms with Gasteiger partial charge >= 0.3 is 5.63 Å². The molecule has 6 nitrogen and oxygen atoms in total. The van der Waals surface area contributed by atoms with Crippen LogP contribution < -0.4 is 5.63 Å². The molecule has 3 aromatic carbocycles. The molecule has 0 aliphatic heterocycles. The molecule has 2 heterocycles. The van der Waals surface area contributed by atoms with Gasteiger partial charge in [-0.05, 0) is 54.3 Å². The van der Waals surface area contributed by atoms with Crippen LogP contribution in [0.1, 0.15) is 31.9 Å². The number of para-hydroxylation sites is 1. The maximum absolute atomic E-state index is 10.7. The zero-order chi connectivity index (χ0) is 23.8. The Kier molecular flexibility index (Phi) is 5.95. The Bertz CT molecular complexity index is 1510. The second-order valence-corrected chi connectivity index (χ2v) is 9.28. The van der Waals surface area contributed by atoms with Gasteiger partial charge in [0.1, 0.15) is 28.1 Å². The van der Waals surface area contributed by atoms with Crippen molar-refractivity contribution in [1.29, 1.82) is 0 Å². The summed E-state index contributed by atoms with van der Waals surface area (Å²) in [5, 5.41) is 21.1. The number of nitrogens with zero attached hydrogens (tertiary/aromatic N) is 3. The number of benzene rings is 3. The molecule has 5 rings (SSSR count). The summed E-state index contributed by atoms with van der Waals surface area (Å²) in [6.45, 7) is 8.20. The summed E-state index contributed by atoms with van der Waals surface area (Å²) in [7, 11) is 0. The van der Waals surface area contributed by atoms with Crippen LogP contribution >= 0.6 is 11.6 Å². The van der Waals surface area contributed by atoms with Crippen molar-refractivity contribution in [3.63, 3.8) is 0 Å². The zero-order valence-corrected chi connectivity index (χ0v) is 19.6. The number of hydrogen-bond acceptors (Lipinski definition) is 5. The highest BCUT2D eigenvalue weighted by Crippen LogP contribution is 2.36. The van der Waals surface area contributed by atoms with Crippen LogP contribution in [0.4, 0.5) is 0 Å². The molecule has 0 bridgehead atoms. The predicted molar refractivity (Wildman–Crippen MR) is 131 cm³/mol. The van der Waals surface area contributed by atoms with Gasteiger partial charge in [0.2, 0.25) is 0 Å². The van der Waals surface area contributed by atoms with Crippen LogP contribution in [-0.4, -0.2) is 20.1 Å². The topological polar surface area (TPSA) is 81.1 Å². The summed E-state index contributed by atoms with van der Waals surface area (Å²) in [6, 6.07) is 19.8. The molecular formula is C26H24ClN3O3. The lowest BCUT2D eigenvalue weighted by Crippen LogP contribution is -2.13. The van der Waals surface area contributed by atoms with Crippen molar-refractivity contribution >= 4 is 33.6 Å². The second kappa shape index (κ2) is 8.71. The minimum Gasteiger partial charge on any atom is -0.505 e. The van der Waals surface area contributed by atoms with Crippen molar-refractivity contribution < 1.29 is 9.52 Å². The maximum Gasteiger partial charge on any atom is 0.336 e. The van der Waals surface area contributed by atoms with Crippen LogP contribution in [0.15, 0.2) is 75.9 Å². The third kappa shape index (κ3) is 4.91. The first-order valence-corrected chi connectivity index (χ1v) is 10.9. The standard InChI is InChI=1S/C17H18ClN3O.C9H6O2/c1-10-7-12(17(2,3)4)16(22)15(8-10)21-19-13-6-5-11(18)9-14(13)20-21;10-9-6-5-7-3-1-2-4-8(7)11-9/h5-9,22H,1-4H3;1-6H. The van der Waals surface area contributed by atoms with E-state index in [9.17, 15) is 9.90 Å². The summed E-state index contributed by atoms with van der Waals surface area (Å²) in [5.74, 6) is 0.213. The molecule has 0 aliphatic carbocycles. The molecule has 0 fully saturated rings. The molecule has 7 heteroatoms. The largest absolute Gasteiger partial charge is 0.505 e. The van der Waals surface area contributed by atoms with E-state index >= 15 is 0 Å². The summed E-state index contributed by atoms with van der Waals surface area (Å²) in [4.78, 5) is 12.2. The lowest BCUT2D eigenvalue weighted by atomic mass is 9.85. The number of phenolic OH excluding ortho intramolecular Hbond substituents is 1. The lowest BCUT2D eigenvalue weighted by Gasteiger charge is -2.22. The van der Waals surface area contributed by atoms with E-state index in [0.717, 1.165) is 22.0 Å². The highest BCUT2D eigenvalue weighted by atomic mass is 35.5. The van der Waals surface area contributed by atoms with Crippen LogP contribution in [0.3, 0.4) is 0 Å². The summed E-state index contributed by atoms with van der Waals surface area (Å²) < 4.78 is 4.91. The van der Waals surface area contributed by atoms with E-state index in [-0.39, 0.29) is 16.8 Å². The van der Waals surface area contributed by atoms with Crippen molar-refractivity contribution in [2.75, 3.05) is 0 Å². The number of phenols is 1. The van der Waals surface area contributed by atoms with E-state index < -0.39 is 0 Å². The Balaban J connectivity index is 0.000000196. The fourth-order valence-electron chi connectivity index (χ4n) is 3.49. The molecule has 0 unspecified atom stereocenters. The monoisotopic (exact) mass is 461 g/mol. The van der Waals surface area contributed by atoms with E-state index in [1.165, 1.54) is 10.9 Å². The summed E-state index contributed by atoms with van der Waals surface area (Å²) in [5.41, 5.74) is 4.12. The fraction of sp³-hybridized carbons (Fsp3) is 0.192. The SMILES string of the molecule is Cc1cc(-n2nc3ccc(Cl)cc3n2)c(O)c(C(C)(C)C)c1.O=c1ccc2ccccc2o1. The first-order chi connectivity index (χ1) is 15.6. The number of halogens is 1. The minimum absolute atomic E-state index is 0.166. The van der Waals surface area contributed by atoms with Gasteiger partial charge in [-0.1, -0.05) is 56.6 Å². The number of aromatic hydroxyl groups is 1. The lowest BCUT2D eigenvalue weighted by molar-refractivity contribution is 0.440. The van der Waals surface area contributed by atoms with Crippen molar-refractivity contribution in [3.05, 3.63) is 93.3 Å². The van der Waals surface area contributed by atoms with Gasteiger partial charge < -0.3 is 9.52 Å². The quantitative estimate of drug-likeness (QED) is 0.301. The molecular weight excluding hydrogens is 438 g/mol. The van der Waals surface area contributed by atoms with Gasteiger partial charge in [0.25, 0.3) is 0 Å². The summed E-state index contributed by atoms with van der Waals surface area (Å²) >= 11 is 5.99. The minimum atomic E-state index is -0.302. The molecule has 0 radical (unpaired) electrons. The van der Waals surface area contributed by atoms with Crippen LogP contribution in [0.25, 0.3) is 27.7 Å². The van der Waals surface area contributed by atoms with Crippen LogP contribution in [0, 0.1) is 6.92 Å². The van der Waals surface area contributed by atoms with Crippen molar-refractivity contribution in [2.45, 2.75) is 33.1 Å². The van der Waals surface area contributed by atoms with E-state index in [2.05, 4.69) is 31.0 Å². The average molecular weight is 462 g/mol. The Morgan fingerprint density at radius 2 is 1.67 bits per heavy atom. The normalized spacial score (nSPS) is 11.4. The Morgan fingerprint density at radius 1 is 0.939 bits per heavy atom. The van der Waals surface area contributed by atoms with Gasteiger partial charge in [0, 0.05) is 22.0 Å².